The van der Waals surface area contributed by atoms with E-state index < -0.39 is 15.6 Å². The third-order valence-corrected chi connectivity index (χ3v) is 5.82. The van der Waals surface area contributed by atoms with E-state index in [9.17, 15) is 13.5 Å². The maximum absolute atomic E-state index is 12.6. The Kier molecular flexibility index (Phi) is 4.30. The van der Waals surface area contributed by atoms with Crippen molar-refractivity contribution in [2.24, 2.45) is 0 Å². The number of anilines is 1. The standard InChI is InChI=1S/C13H19ClN2O3S/c1-13(17)5-2-7-16(8-6-13)20(18,19)12-4-3-10(14)9-11(12)15/h3-4,9,17H,2,5-8,15H2,1H3. The molecule has 3 N–H and O–H groups in total. The van der Waals surface area contributed by atoms with Gasteiger partial charge in [0.1, 0.15) is 4.90 Å². The zero-order valence-corrected chi connectivity index (χ0v) is 12.9. The molecule has 1 fully saturated rings. The van der Waals surface area contributed by atoms with Crippen LogP contribution in [0.3, 0.4) is 0 Å². The van der Waals surface area contributed by atoms with E-state index in [0.717, 1.165) is 0 Å². The first-order valence-corrected chi connectivity index (χ1v) is 8.32. The topological polar surface area (TPSA) is 83.6 Å². The van der Waals surface area contributed by atoms with Crippen LogP contribution in [0.15, 0.2) is 23.1 Å². The van der Waals surface area contributed by atoms with Crippen molar-refractivity contribution >= 4 is 27.3 Å². The van der Waals surface area contributed by atoms with Crippen molar-refractivity contribution in [2.75, 3.05) is 18.8 Å². The fraction of sp³-hybridized carbons (Fsp3) is 0.538. The monoisotopic (exact) mass is 318 g/mol. The largest absolute Gasteiger partial charge is 0.398 e. The van der Waals surface area contributed by atoms with Gasteiger partial charge in [0, 0.05) is 18.1 Å². The summed E-state index contributed by atoms with van der Waals surface area (Å²) in [4.78, 5) is 0.0726. The molecule has 1 unspecified atom stereocenters. The van der Waals surface area contributed by atoms with Gasteiger partial charge in [-0.2, -0.15) is 4.31 Å². The summed E-state index contributed by atoms with van der Waals surface area (Å²) in [6.07, 6.45) is 1.63. The predicted octanol–water partition coefficient (Wildman–Crippen LogP) is 1.85. The van der Waals surface area contributed by atoms with E-state index in [1.807, 2.05) is 0 Å². The van der Waals surface area contributed by atoms with Gasteiger partial charge in [-0.1, -0.05) is 11.6 Å². The van der Waals surface area contributed by atoms with Gasteiger partial charge in [0.2, 0.25) is 10.0 Å². The lowest BCUT2D eigenvalue weighted by Crippen LogP contribution is -2.34. The van der Waals surface area contributed by atoms with Gasteiger partial charge in [-0.3, -0.25) is 0 Å². The second-order valence-electron chi connectivity index (χ2n) is 5.44. The molecule has 0 amide bonds. The number of aliphatic hydroxyl groups is 1. The Morgan fingerprint density at radius 1 is 1.35 bits per heavy atom. The van der Waals surface area contributed by atoms with Gasteiger partial charge in [-0.05, 0) is 44.4 Å². The molecule has 0 aliphatic carbocycles. The Bertz CT molecular complexity index is 602. The molecule has 1 aromatic rings. The quantitative estimate of drug-likeness (QED) is 0.815. The number of nitrogens with two attached hydrogens (primary N) is 1. The van der Waals surface area contributed by atoms with Crippen LogP contribution in [0.5, 0.6) is 0 Å². The fourth-order valence-corrected chi connectivity index (χ4v) is 4.13. The predicted molar refractivity (Wildman–Crippen MR) is 79.1 cm³/mol. The van der Waals surface area contributed by atoms with Gasteiger partial charge in [0.05, 0.1) is 11.3 Å². The number of nitrogens with zero attached hydrogens (tertiary/aromatic N) is 1. The number of rotatable bonds is 2. The van der Waals surface area contributed by atoms with Crippen LogP contribution in [0, 0.1) is 0 Å². The summed E-state index contributed by atoms with van der Waals surface area (Å²) >= 11 is 5.79. The highest BCUT2D eigenvalue weighted by molar-refractivity contribution is 7.89. The van der Waals surface area contributed by atoms with Gasteiger partial charge in [0.15, 0.2) is 0 Å². The molecule has 1 heterocycles. The number of halogens is 1. The molecule has 0 radical (unpaired) electrons. The number of benzene rings is 1. The molecule has 20 heavy (non-hydrogen) atoms. The molecule has 1 atom stereocenters. The maximum Gasteiger partial charge on any atom is 0.245 e. The molecule has 112 valence electrons. The minimum atomic E-state index is -3.64. The summed E-state index contributed by atoms with van der Waals surface area (Å²) < 4.78 is 26.6. The Labute approximate surface area is 124 Å². The van der Waals surface area contributed by atoms with Crippen molar-refractivity contribution in [3.63, 3.8) is 0 Å². The summed E-state index contributed by atoms with van der Waals surface area (Å²) in [5, 5.41) is 10.4. The Morgan fingerprint density at radius 2 is 2.05 bits per heavy atom. The normalized spacial score (nSPS) is 25.4. The van der Waals surface area contributed by atoms with Gasteiger partial charge >= 0.3 is 0 Å². The minimum Gasteiger partial charge on any atom is -0.398 e. The van der Waals surface area contributed by atoms with Crippen LogP contribution < -0.4 is 5.73 Å². The lowest BCUT2D eigenvalue weighted by molar-refractivity contribution is 0.0465. The van der Waals surface area contributed by atoms with Gasteiger partial charge < -0.3 is 10.8 Å². The van der Waals surface area contributed by atoms with Crippen molar-refractivity contribution in [1.29, 1.82) is 0 Å². The SMILES string of the molecule is CC1(O)CCCN(S(=O)(=O)c2ccc(Cl)cc2N)CC1. The molecule has 0 bridgehead atoms. The second kappa shape index (κ2) is 5.52. The van der Waals surface area contributed by atoms with E-state index in [1.165, 1.54) is 22.5 Å². The zero-order chi connectivity index (χ0) is 15.0. The molecule has 1 aliphatic heterocycles. The molecule has 1 saturated heterocycles. The van der Waals surface area contributed by atoms with E-state index in [4.69, 9.17) is 17.3 Å². The molecule has 1 aromatic carbocycles. The van der Waals surface area contributed by atoms with E-state index in [2.05, 4.69) is 0 Å². The fourth-order valence-electron chi connectivity index (χ4n) is 2.37. The van der Waals surface area contributed by atoms with Crippen LogP contribution in [0.2, 0.25) is 5.02 Å². The zero-order valence-electron chi connectivity index (χ0n) is 11.3. The van der Waals surface area contributed by atoms with Crippen molar-refractivity contribution in [1.82, 2.24) is 4.31 Å². The molecule has 0 saturated carbocycles. The van der Waals surface area contributed by atoms with Crippen molar-refractivity contribution in [2.45, 2.75) is 36.7 Å². The number of hydrogen-bond donors (Lipinski definition) is 2. The molecule has 2 rings (SSSR count). The highest BCUT2D eigenvalue weighted by Crippen LogP contribution is 2.29. The van der Waals surface area contributed by atoms with Crippen molar-refractivity contribution in [3.05, 3.63) is 23.2 Å². The van der Waals surface area contributed by atoms with E-state index in [1.54, 1.807) is 6.92 Å². The second-order valence-corrected chi connectivity index (χ2v) is 7.78. The van der Waals surface area contributed by atoms with Crippen molar-refractivity contribution in [3.8, 4) is 0 Å². The summed E-state index contributed by atoms with van der Waals surface area (Å²) in [7, 11) is -3.64. The first-order valence-electron chi connectivity index (χ1n) is 6.50. The summed E-state index contributed by atoms with van der Waals surface area (Å²) in [5.74, 6) is 0. The smallest absolute Gasteiger partial charge is 0.245 e. The molecule has 5 nitrogen and oxygen atoms in total. The molecule has 1 aliphatic rings. The third-order valence-electron chi connectivity index (χ3n) is 3.61. The van der Waals surface area contributed by atoms with Gasteiger partial charge in [0.25, 0.3) is 0 Å². The number of nitrogen functional groups attached to an aromatic ring is 1. The van der Waals surface area contributed by atoms with Crippen LogP contribution in [0.4, 0.5) is 5.69 Å². The van der Waals surface area contributed by atoms with Crippen LogP contribution in [-0.2, 0) is 10.0 Å². The van der Waals surface area contributed by atoms with Crippen LogP contribution >= 0.6 is 11.6 Å². The van der Waals surface area contributed by atoms with Crippen LogP contribution in [-0.4, -0.2) is 36.5 Å². The molecule has 0 aromatic heterocycles. The average Bonchev–Trinajstić information content (AvgIpc) is 2.50. The number of hydrogen-bond acceptors (Lipinski definition) is 4. The first-order chi connectivity index (χ1) is 9.22. The Morgan fingerprint density at radius 3 is 2.70 bits per heavy atom. The van der Waals surface area contributed by atoms with Crippen molar-refractivity contribution < 1.29 is 13.5 Å². The summed E-state index contributed by atoms with van der Waals surface area (Å²) in [5.41, 5.74) is 5.10. The number of sulfonamides is 1. The molecule has 0 spiro atoms. The van der Waals surface area contributed by atoms with Gasteiger partial charge in [-0.15, -0.1) is 0 Å². The highest BCUT2D eigenvalue weighted by Gasteiger charge is 2.32. The summed E-state index contributed by atoms with van der Waals surface area (Å²) in [6.45, 7) is 2.41. The van der Waals surface area contributed by atoms with Crippen LogP contribution in [0.1, 0.15) is 26.2 Å². The highest BCUT2D eigenvalue weighted by atomic mass is 35.5. The summed E-state index contributed by atoms with van der Waals surface area (Å²) in [6, 6.07) is 4.37. The van der Waals surface area contributed by atoms with Gasteiger partial charge in [-0.25, -0.2) is 8.42 Å². The van der Waals surface area contributed by atoms with E-state index in [0.29, 0.717) is 30.8 Å². The first kappa shape index (κ1) is 15.6. The molecule has 7 heteroatoms. The maximum atomic E-state index is 12.6. The molecular weight excluding hydrogens is 300 g/mol. The average molecular weight is 319 g/mol. The Balaban J connectivity index is 2.30. The lowest BCUT2D eigenvalue weighted by Gasteiger charge is -2.22. The lowest BCUT2D eigenvalue weighted by atomic mass is 9.98. The van der Waals surface area contributed by atoms with E-state index in [-0.39, 0.29) is 17.1 Å². The van der Waals surface area contributed by atoms with E-state index >= 15 is 0 Å². The van der Waals surface area contributed by atoms with Crippen LogP contribution in [0.25, 0.3) is 0 Å². The molecular formula is C13H19ClN2O3S. The minimum absolute atomic E-state index is 0.0726. The third kappa shape index (κ3) is 3.25. The Hall–Kier alpha value is -0.820.